The van der Waals surface area contributed by atoms with Crippen LogP contribution >= 0.6 is 0 Å². The third-order valence-corrected chi connectivity index (χ3v) is 5.23. The van der Waals surface area contributed by atoms with Gasteiger partial charge in [-0.1, -0.05) is 19.1 Å². The first-order chi connectivity index (χ1) is 14.7. The monoisotopic (exact) mass is 409 g/mol. The van der Waals surface area contributed by atoms with Crippen molar-refractivity contribution < 1.29 is 13.9 Å². The zero-order valence-electron chi connectivity index (χ0n) is 16.9. The maximum absolute atomic E-state index is 13.7. The van der Waals surface area contributed by atoms with Gasteiger partial charge in [0.1, 0.15) is 17.7 Å². The fraction of sp³-hybridized carbons (Fsp3) is 0.364. The molecule has 0 bridgehead atoms. The van der Waals surface area contributed by atoms with Gasteiger partial charge in [0.15, 0.2) is 0 Å². The van der Waals surface area contributed by atoms with Crippen molar-refractivity contribution in [2.45, 2.75) is 32.4 Å². The number of halogens is 1. The number of benzene rings is 1. The Morgan fingerprint density at radius 3 is 2.93 bits per heavy atom. The average molecular weight is 409 g/mol. The Morgan fingerprint density at radius 1 is 1.23 bits per heavy atom. The summed E-state index contributed by atoms with van der Waals surface area (Å²) in [5, 5.41) is 0. The second kappa shape index (κ2) is 9.13. The molecule has 1 unspecified atom stereocenters. The van der Waals surface area contributed by atoms with Crippen LogP contribution in [0, 0.1) is 5.82 Å². The topological polar surface area (TPSA) is 73.1 Å². The Hall–Kier alpha value is -3.13. The molecule has 1 saturated heterocycles. The predicted molar refractivity (Wildman–Crippen MR) is 109 cm³/mol. The zero-order chi connectivity index (χ0) is 20.9. The maximum atomic E-state index is 13.7. The Labute approximate surface area is 174 Å². The van der Waals surface area contributed by atoms with Gasteiger partial charge in [-0.05, 0) is 12.1 Å². The number of amides is 1. The van der Waals surface area contributed by atoms with E-state index in [2.05, 4.69) is 15.0 Å². The van der Waals surface area contributed by atoms with Gasteiger partial charge >= 0.3 is 0 Å². The van der Waals surface area contributed by atoms with E-state index in [1.807, 2.05) is 17.7 Å². The van der Waals surface area contributed by atoms with Crippen LogP contribution in [0.25, 0.3) is 11.3 Å². The lowest BCUT2D eigenvalue weighted by molar-refractivity contribution is -0.139. The van der Waals surface area contributed by atoms with Gasteiger partial charge in [-0.3, -0.25) is 14.8 Å². The molecule has 1 aromatic carbocycles. The largest absolute Gasteiger partial charge is 0.368 e. The molecular formula is C22H24FN5O2. The van der Waals surface area contributed by atoms with Gasteiger partial charge in [0, 0.05) is 56.3 Å². The number of carbonyl (C=O) groups is 1. The number of hydrogen-bond donors (Lipinski definition) is 0. The lowest BCUT2D eigenvalue weighted by Gasteiger charge is -2.33. The summed E-state index contributed by atoms with van der Waals surface area (Å²) < 4.78 is 21.6. The molecule has 4 rings (SSSR count). The Kier molecular flexibility index (Phi) is 6.13. The minimum Gasteiger partial charge on any atom is -0.368 e. The number of aryl methyl sites for hydroxylation is 2. The normalized spacial score (nSPS) is 16.6. The third-order valence-electron chi connectivity index (χ3n) is 5.23. The van der Waals surface area contributed by atoms with Crippen LogP contribution in [0.2, 0.25) is 0 Å². The van der Waals surface area contributed by atoms with E-state index < -0.39 is 6.10 Å². The number of ether oxygens (including phenoxy) is 1. The van der Waals surface area contributed by atoms with Gasteiger partial charge in [-0.2, -0.15) is 0 Å². The molecule has 1 atom stereocenters. The molecule has 8 heteroatoms. The first kappa shape index (κ1) is 20.2. The summed E-state index contributed by atoms with van der Waals surface area (Å²) in [6.45, 7) is 3.99. The number of aromatic nitrogens is 4. The highest BCUT2D eigenvalue weighted by atomic mass is 19.1. The van der Waals surface area contributed by atoms with Crippen molar-refractivity contribution in [3.8, 4) is 11.3 Å². The van der Waals surface area contributed by atoms with Crippen LogP contribution in [0.4, 0.5) is 4.39 Å². The van der Waals surface area contributed by atoms with Crippen LogP contribution in [0.5, 0.6) is 0 Å². The summed E-state index contributed by atoms with van der Waals surface area (Å²) in [5.41, 5.74) is 1.82. The molecule has 0 radical (unpaired) electrons. The van der Waals surface area contributed by atoms with Gasteiger partial charge in [0.25, 0.3) is 0 Å². The molecular weight excluding hydrogens is 385 g/mol. The van der Waals surface area contributed by atoms with Crippen LogP contribution in [0.1, 0.15) is 31.0 Å². The van der Waals surface area contributed by atoms with Gasteiger partial charge < -0.3 is 14.2 Å². The average Bonchev–Trinajstić information content (AvgIpc) is 3.25. The minimum atomic E-state index is -0.408. The van der Waals surface area contributed by atoms with E-state index in [4.69, 9.17) is 4.74 Å². The van der Waals surface area contributed by atoms with Crippen LogP contribution in [0.15, 0.2) is 49.1 Å². The molecule has 0 saturated carbocycles. The molecule has 1 amide bonds. The summed E-state index contributed by atoms with van der Waals surface area (Å²) in [7, 11) is 0. The minimum absolute atomic E-state index is 0.0650. The van der Waals surface area contributed by atoms with Crippen molar-refractivity contribution in [1.29, 1.82) is 0 Å². The van der Waals surface area contributed by atoms with Crippen LogP contribution in [0.3, 0.4) is 0 Å². The smallest absolute Gasteiger partial charge is 0.224 e. The molecule has 3 aromatic rings. The molecule has 1 aliphatic rings. The first-order valence-electron chi connectivity index (χ1n) is 10.1. The van der Waals surface area contributed by atoms with Crippen LogP contribution in [-0.4, -0.2) is 50.0 Å². The summed E-state index contributed by atoms with van der Waals surface area (Å²) >= 11 is 0. The van der Waals surface area contributed by atoms with Gasteiger partial charge in [0.05, 0.1) is 24.5 Å². The van der Waals surface area contributed by atoms with E-state index in [-0.39, 0.29) is 11.7 Å². The van der Waals surface area contributed by atoms with Crippen molar-refractivity contribution in [3.05, 3.63) is 66.4 Å². The summed E-state index contributed by atoms with van der Waals surface area (Å²) in [6, 6.07) is 6.25. The SMILES string of the molecule is CCc1nccn1CCC(=O)N1CCOC(c2nccnc2-c2cccc(F)c2)C1. The van der Waals surface area contributed by atoms with Gasteiger partial charge in [-0.15, -0.1) is 0 Å². The van der Waals surface area contributed by atoms with Crippen molar-refractivity contribution in [1.82, 2.24) is 24.4 Å². The molecule has 1 fully saturated rings. The Balaban J connectivity index is 1.47. The number of imidazole rings is 1. The molecule has 3 heterocycles. The van der Waals surface area contributed by atoms with E-state index in [0.717, 1.165) is 12.2 Å². The highest BCUT2D eigenvalue weighted by Crippen LogP contribution is 2.29. The highest BCUT2D eigenvalue weighted by Gasteiger charge is 2.28. The molecule has 0 aliphatic carbocycles. The second-order valence-corrected chi connectivity index (χ2v) is 7.14. The van der Waals surface area contributed by atoms with Gasteiger partial charge in [-0.25, -0.2) is 9.37 Å². The number of nitrogens with zero attached hydrogens (tertiary/aromatic N) is 5. The summed E-state index contributed by atoms with van der Waals surface area (Å²) in [5.74, 6) is 0.702. The van der Waals surface area contributed by atoms with Crippen molar-refractivity contribution >= 4 is 5.91 Å². The Bertz CT molecular complexity index is 1020. The van der Waals surface area contributed by atoms with E-state index in [1.54, 1.807) is 35.6 Å². The van der Waals surface area contributed by atoms with E-state index in [9.17, 15) is 9.18 Å². The predicted octanol–water partition coefficient (Wildman–Crippen LogP) is 3.03. The quantitative estimate of drug-likeness (QED) is 0.626. The molecule has 2 aromatic heterocycles. The summed E-state index contributed by atoms with van der Waals surface area (Å²) in [6.07, 6.45) is 7.65. The fourth-order valence-electron chi connectivity index (χ4n) is 3.72. The third kappa shape index (κ3) is 4.38. The first-order valence-corrected chi connectivity index (χ1v) is 10.1. The maximum Gasteiger partial charge on any atom is 0.224 e. The number of morpholine rings is 1. The number of rotatable bonds is 6. The molecule has 156 valence electrons. The number of carbonyl (C=O) groups excluding carboxylic acids is 1. The Morgan fingerprint density at radius 2 is 2.10 bits per heavy atom. The molecule has 1 aliphatic heterocycles. The number of hydrogen-bond acceptors (Lipinski definition) is 5. The molecule has 30 heavy (non-hydrogen) atoms. The highest BCUT2D eigenvalue weighted by molar-refractivity contribution is 5.76. The van der Waals surface area contributed by atoms with E-state index in [1.165, 1.54) is 12.1 Å². The second-order valence-electron chi connectivity index (χ2n) is 7.14. The van der Waals surface area contributed by atoms with Crippen molar-refractivity contribution in [3.63, 3.8) is 0 Å². The molecule has 7 nitrogen and oxygen atoms in total. The lowest BCUT2D eigenvalue weighted by atomic mass is 10.0. The molecule has 0 spiro atoms. The van der Waals surface area contributed by atoms with E-state index in [0.29, 0.717) is 49.6 Å². The van der Waals surface area contributed by atoms with Gasteiger partial charge in [0.2, 0.25) is 5.91 Å². The standard InChI is InChI=1S/C22H24FN5O2/c1-2-19-24-9-11-27(19)10-6-20(29)28-12-13-30-18(15-28)22-21(25-7-8-26-22)16-4-3-5-17(23)14-16/h3-5,7-9,11,14,18H,2,6,10,12-13,15H2,1H3. The summed E-state index contributed by atoms with van der Waals surface area (Å²) in [4.78, 5) is 27.8. The van der Waals surface area contributed by atoms with Crippen LogP contribution in [-0.2, 0) is 22.5 Å². The zero-order valence-corrected chi connectivity index (χ0v) is 16.9. The van der Waals surface area contributed by atoms with Crippen molar-refractivity contribution in [2.24, 2.45) is 0 Å². The molecule has 0 N–H and O–H groups in total. The van der Waals surface area contributed by atoms with Crippen molar-refractivity contribution in [2.75, 3.05) is 19.7 Å². The fourth-order valence-corrected chi connectivity index (χ4v) is 3.72. The van der Waals surface area contributed by atoms with E-state index >= 15 is 0 Å². The lowest BCUT2D eigenvalue weighted by Crippen LogP contribution is -2.42. The van der Waals surface area contributed by atoms with Crippen LogP contribution < -0.4 is 0 Å².